The molecule has 2 heteroatoms. The molecule has 1 atom stereocenters. The highest BCUT2D eigenvalue weighted by Gasteiger charge is 2.17. The highest BCUT2D eigenvalue weighted by Crippen LogP contribution is 2.19. The first kappa shape index (κ1) is 5.79. The van der Waals surface area contributed by atoms with Crippen molar-refractivity contribution in [3.05, 3.63) is 17.0 Å². The molecule has 0 aliphatic carbocycles. The van der Waals surface area contributed by atoms with Crippen molar-refractivity contribution in [3.8, 4) is 0 Å². The van der Waals surface area contributed by atoms with Crippen LogP contribution in [0.1, 0.15) is 13.3 Å². The Bertz CT molecular complexity index is 126. The second-order valence-electron chi connectivity index (χ2n) is 2.46. The molecule has 2 nitrogen and oxygen atoms in total. The van der Waals surface area contributed by atoms with Gasteiger partial charge in [0.15, 0.2) is 0 Å². The van der Waals surface area contributed by atoms with Gasteiger partial charge in [-0.05, 0) is 6.08 Å². The summed E-state index contributed by atoms with van der Waals surface area (Å²) < 4.78 is -0.153. The molecule has 0 saturated heterocycles. The van der Waals surface area contributed by atoms with E-state index >= 15 is 0 Å². The van der Waals surface area contributed by atoms with Crippen molar-refractivity contribution >= 4 is 0 Å². The summed E-state index contributed by atoms with van der Waals surface area (Å²) in [6.07, 6.45) is 2.96. The Morgan fingerprint density at radius 1 is 1.75 bits per heavy atom. The van der Waals surface area contributed by atoms with Gasteiger partial charge < -0.3 is 9.85 Å². The second-order valence-corrected chi connectivity index (χ2v) is 2.46. The Hall–Kier alpha value is -0.340. The zero-order valence-corrected chi connectivity index (χ0v) is 5.35. The summed E-state index contributed by atoms with van der Waals surface area (Å²) in [6.45, 7) is 2.62. The summed E-state index contributed by atoms with van der Waals surface area (Å²) in [4.78, 5) is 0. The van der Waals surface area contributed by atoms with Gasteiger partial charge in [0.25, 0.3) is 0 Å². The molecule has 0 spiro atoms. The summed E-state index contributed by atoms with van der Waals surface area (Å²) in [6, 6.07) is 0. The van der Waals surface area contributed by atoms with E-state index in [-0.39, 0.29) is 4.65 Å². The summed E-state index contributed by atoms with van der Waals surface area (Å²) >= 11 is 0. The normalized spacial score (nSPS) is 37.6. The molecule has 0 radical (unpaired) electrons. The minimum absolute atomic E-state index is 0.153. The number of quaternary nitrogens is 1. The molecule has 0 amide bonds. The molecule has 0 fully saturated rings. The second kappa shape index (κ2) is 1.57. The van der Waals surface area contributed by atoms with Crippen LogP contribution in [0.4, 0.5) is 0 Å². The summed E-state index contributed by atoms with van der Waals surface area (Å²) in [5.41, 5.74) is 0.949. The third-order valence-electron chi connectivity index (χ3n) is 1.74. The molecule has 1 aliphatic rings. The lowest BCUT2D eigenvalue weighted by atomic mass is 10.4. The maximum atomic E-state index is 11.1. The van der Waals surface area contributed by atoms with Crippen molar-refractivity contribution < 1.29 is 4.65 Å². The van der Waals surface area contributed by atoms with E-state index in [4.69, 9.17) is 0 Å². The molecule has 0 bridgehead atoms. The predicted molar refractivity (Wildman–Crippen MR) is 32.8 cm³/mol. The van der Waals surface area contributed by atoms with Gasteiger partial charge in [0.2, 0.25) is 0 Å². The minimum atomic E-state index is -0.153. The Morgan fingerprint density at radius 2 is 2.38 bits per heavy atom. The molecule has 0 aromatic carbocycles. The summed E-state index contributed by atoms with van der Waals surface area (Å²) in [7, 11) is 1.69. The van der Waals surface area contributed by atoms with E-state index in [0.717, 1.165) is 18.7 Å². The largest absolute Gasteiger partial charge is 0.628 e. The van der Waals surface area contributed by atoms with Crippen molar-refractivity contribution in [1.29, 1.82) is 0 Å². The molecule has 8 heavy (non-hydrogen) atoms. The van der Waals surface area contributed by atoms with E-state index in [1.807, 2.05) is 13.0 Å². The van der Waals surface area contributed by atoms with E-state index in [2.05, 4.69) is 0 Å². The van der Waals surface area contributed by atoms with E-state index in [1.54, 1.807) is 7.05 Å². The van der Waals surface area contributed by atoms with E-state index in [0.29, 0.717) is 0 Å². The van der Waals surface area contributed by atoms with Crippen molar-refractivity contribution in [2.45, 2.75) is 13.3 Å². The maximum Gasteiger partial charge on any atom is 0.102 e. The van der Waals surface area contributed by atoms with E-state index in [9.17, 15) is 5.21 Å². The van der Waals surface area contributed by atoms with E-state index < -0.39 is 0 Å². The maximum absolute atomic E-state index is 11.1. The van der Waals surface area contributed by atoms with Gasteiger partial charge in [-0.2, -0.15) is 0 Å². The average Bonchev–Trinajstić information content (AvgIpc) is 1.86. The van der Waals surface area contributed by atoms with Crippen LogP contribution >= 0.6 is 0 Å². The van der Waals surface area contributed by atoms with Crippen LogP contribution in [0.25, 0.3) is 0 Å². The number of hydrogen-bond acceptors (Lipinski definition) is 1. The molecule has 0 saturated carbocycles. The lowest BCUT2D eigenvalue weighted by Gasteiger charge is -2.34. The topological polar surface area (TPSA) is 23.1 Å². The summed E-state index contributed by atoms with van der Waals surface area (Å²) in [5, 5.41) is 11.1. The standard InChI is InChI=1S/C6H11NO/c1-6-4-3-5-7(6,2)8/h4H,3,5H2,1-2H3. The van der Waals surface area contributed by atoms with E-state index in [1.165, 1.54) is 0 Å². The fourth-order valence-corrected chi connectivity index (χ4v) is 0.889. The smallest absolute Gasteiger partial charge is 0.102 e. The van der Waals surface area contributed by atoms with Gasteiger partial charge in [0, 0.05) is 13.3 Å². The average molecular weight is 113 g/mol. The van der Waals surface area contributed by atoms with Crippen LogP contribution in [0.15, 0.2) is 11.8 Å². The van der Waals surface area contributed by atoms with Crippen LogP contribution in [0.5, 0.6) is 0 Å². The molecule has 1 unspecified atom stereocenters. The van der Waals surface area contributed by atoms with Crippen molar-refractivity contribution in [2.24, 2.45) is 0 Å². The Kier molecular flexibility index (Phi) is 1.14. The molecule has 46 valence electrons. The van der Waals surface area contributed by atoms with Gasteiger partial charge in [0.1, 0.15) is 5.70 Å². The number of hydrogen-bond donors (Lipinski definition) is 0. The molecule has 0 aromatic rings. The lowest BCUT2D eigenvalue weighted by molar-refractivity contribution is -0.814. The molecule has 1 rings (SSSR count). The quantitative estimate of drug-likeness (QED) is 0.342. The molecular weight excluding hydrogens is 102 g/mol. The number of rotatable bonds is 0. The van der Waals surface area contributed by atoms with Gasteiger partial charge in [-0.1, -0.05) is 0 Å². The van der Waals surface area contributed by atoms with Gasteiger partial charge in [-0.3, -0.25) is 0 Å². The van der Waals surface area contributed by atoms with Gasteiger partial charge in [0.05, 0.1) is 13.6 Å². The van der Waals surface area contributed by atoms with Crippen molar-refractivity contribution in [3.63, 3.8) is 0 Å². The first-order chi connectivity index (χ1) is 3.63. The first-order valence-electron chi connectivity index (χ1n) is 2.87. The Labute approximate surface area is 49.6 Å². The zero-order valence-electron chi connectivity index (χ0n) is 5.35. The van der Waals surface area contributed by atoms with Crippen LogP contribution in [0.3, 0.4) is 0 Å². The van der Waals surface area contributed by atoms with Crippen LogP contribution in [-0.4, -0.2) is 18.2 Å². The van der Waals surface area contributed by atoms with Crippen LogP contribution in [0, 0.1) is 5.21 Å². The fourth-order valence-electron chi connectivity index (χ4n) is 0.889. The third kappa shape index (κ3) is 0.767. The number of allylic oxidation sites excluding steroid dienone is 1. The minimum Gasteiger partial charge on any atom is -0.628 e. The van der Waals surface area contributed by atoms with Gasteiger partial charge >= 0.3 is 0 Å². The van der Waals surface area contributed by atoms with Crippen LogP contribution in [0.2, 0.25) is 0 Å². The van der Waals surface area contributed by atoms with Crippen LogP contribution < -0.4 is 0 Å². The van der Waals surface area contributed by atoms with Crippen molar-refractivity contribution in [1.82, 2.24) is 0 Å². The molecule has 1 heterocycles. The SMILES string of the molecule is CC1=CCC[N+]1(C)[O-]. The fraction of sp³-hybridized carbons (Fsp3) is 0.667. The number of hydroxylamine groups is 3. The Balaban J connectivity index is 2.73. The van der Waals surface area contributed by atoms with Crippen LogP contribution in [-0.2, 0) is 0 Å². The highest BCUT2D eigenvalue weighted by molar-refractivity contribution is 4.94. The number of nitrogens with zero attached hydrogens (tertiary/aromatic N) is 1. The Morgan fingerprint density at radius 3 is 2.50 bits per heavy atom. The molecule has 0 aromatic heterocycles. The van der Waals surface area contributed by atoms with Gasteiger partial charge in [-0.15, -0.1) is 0 Å². The first-order valence-corrected chi connectivity index (χ1v) is 2.87. The third-order valence-corrected chi connectivity index (χ3v) is 1.74. The monoisotopic (exact) mass is 113 g/mol. The zero-order chi connectivity index (χ0) is 6.20. The van der Waals surface area contributed by atoms with Gasteiger partial charge in [-0.25, -0.2) is 0 Å². The highest BCUT2D eigenvalue weighted by atomic mass is 16.5. The molecule has 1 aliphatic heterocycles. The molecular formula is C6H11NO. The predicted octanol–water partition coefficient (Wildman–Crippen LogP) is 1.24. The summed E-state index contributed by atoms with van der Waals surface area (Å²) in [5.74, 6) is 0. The lowest BCUT2D eigenvalue weighted by Crippen LogP contribution is -2.31. The van der Waals surface area contributed by atoms with Crippen molar-refractivity contribution in [2.75, 3.05) is 13.6 Å². The molecule has 0 N–H and O–H groups in total.